The molecule has 4 heteroatoms. The summed E-state index contributed by atoms with van der Waals surface area (Å²) in [6, 6.07) is 3.96. The van der Waals surface area contributed by atoms with E-state index in [1.165, 1.54) is 11.5 Å². The molecule has 0 aromatic carbocycles. The molecule has 1 aliphatic rings. The standard InChI is InChI=1S/C10H15N3S/c1-8-9(11)2-3-10(12-8)13-4-6-14-7-5-13/h2-3H,4-7,11H2,1H3. The Morgan fingerprint density at radius 2 is 2.07 bits per heavy atom. The number of nitrogens with zero attached hydrogens (tertiary/aromatic N) is 2. The molecular formula is C10H15N3S. The predicted octanol–water partition coefficient (Wildman–Crippen LogP) is 1.53. The second-order valence-corrected chi connectivity index (χ2v) is 4.67. The van der Waals surface area contributed by atoms with Gasteiger partial charge in [0.1, 0.15) is 5.82 Å². The molecule has 1 saturated heterocycles. The molecule has 1 aromatic heterocycles. The Morgan fingerprint density at radius 3 is 2.71 bits per heavy atom. The second-order valence-electron chi connectivity index (χ2n) is 3.44. The van der Waals surface area contributed by atoms with E-state index in [9.17, 15) is 0 Å². The summed E-state index contributed by atoms with van der Waals surface area (Å²) in [5.41, 5.74) is 7.44. The van der Waals surface area contributed by atoms with Gasteiger partial charge in [0.05, 0.1) is 11.4 Å². The Bertz CT molecular complexity index is 321. The first-order valence-electron chi connectivity index (χ1n) is 4.83. The zero-order valence-corrected chi connectivity index (χ0v) is 9.18. The lowest BCUT2D eigenvalue weighted by molar-refractivity contribution is 0.836. The SMILES string of the molecule is Cc1nc(N2CCSCC2)ccc1N. The zero-order chi connectivity index (χ0) is 9.97. The lowest BCUT2D eigenvalue weighted by atomic mass is 10.3. The average molecular weight is 209 g/mol. The monoisotopic (exact) mass is 209 g/mol. The molecular weight excluding hydrogens is 194 g/mol. The molecule has 0 atom stereocenters. The van der Waals surface area contributed by atoms with Crippen LogP contribution in [0.15, 0.2) is 12.1 Å². The molecule has 0 unspecified atom stereocenters. The predicted molar refractivity (Wildman–Crippen MR) is 62.9 cm³/mol. The van der Waals surface area contributed by atoms with E-state index in [1.807, 2.05) is 30.8 Å². The molecule has 2 heterocycles. The van der Waals surface area contributed by atoms with Crippen molar-refractivity contribution >= 4 is 23.3 Å². The van der Waals surface area contributed by atoms with E-state index in [1.54, 1.807) is 0 Å². The van der Waals surface area contributed by atoms with Crippen molar-refractivity contribution in [3.05, 3.63) is 17.8 Å². The van der Waals surface area contributed by atoms with E-state index in [0.29, 0.717) is 0 Å². The summed E-state index contributed by atoms with van der Waals surface area (Å²) in [5.74, 6) is 3.47. The smallest absolute Gasteiger partial charge is 0.129 e. The first-order valence-corrected chi connectivity index (χ1v) is 5.98. The number of anilines is 2. The van der Waals surface area contributed by atoms with Gasteiger partial charge in [-0.3, -0.25) is 0 Å². The van der Waals surface area contributed by atoms with Crippen LogP contribution in [0.1, 0.15) is 5.69 Å². The van der Waals surface area contributed by atoms with Gasteiger partial charge in [-0.05, 0) is 19.1 Å². The van der Waals surface area contributed by atoms with Gasteiger partial charge in [-0.25, -0.2) is 4.98 Å². The van der Waals surface area contributed by atoms with Gasteiger partial charge in [0.25, 0.3) is 0 Å². The number of nitrogens with two attached hydrogens (primary N) is 1. The van der Waals surface area contributed by atoms with Gasteiger partial charge in [0, 0.05) is 24.6 Å². The van der Waals surface area contributed by atoms with E-state index < -0.39 is 0 Å². The van der Waals surface area contributed by atoms with Crippen LogP contribution in [0.4, 0.5) is 11.5 Å². The summed E-state index contributed by atoms with van der Waals surface area (Å²) in [4.78, 5) is 6.81. The highest BCUT2D eigenvalue weighted by molar-refractivity contribution is 7.99. The zero-order valence-electron chi connectivity index (χ0n) is 8.36. The van der Waals surface area contributed by atoms with Crippen LogP contribution in [0.25, 0.3) is 0 Å². The summed E-state index contributed by atoms with van der Waals surface area (Å²) in [6.45, 7) is 4.15. The summed E-state index contributed by atoms with van der Waals surface area (Å²) in [7, 11) is 0. The van der Waals surface area contributed by atoms with Crippen molar-refractivity contribution in [1.29, 1.82) is 0 Å². The number of hydrogen-bond acceptors (Lipinski definition) is 4. The fraction of sp³-hybridized carbons (Fsp3) is 0.500. The highest BCUT2D eigenvalue weighted by atomic mass is 32.2. The van der Waals surface area contributed by atoms with Gasteiger partial charge in [-0.1, -0.05) is 0 Å². The van der Waals surface area contributed by atoms with Gasteiger partial charge in [0.2, 0.25) is 0 Å². The number of aryl methyl sites for hydroxylation is 1. The van der Waals surface area contributed by atoms with E-state index in [0.717, 1.165) is 30.3 Å². The second kappa shape index (κ2) is 4.09. The molecule has 0 bridgehead atoms. The molecule has 0 aliphatic carbocycles. The van der Waals surface area contributed by atoms with Crippen LogP contribution in [-0.4, -0.2) is 29.6 Å². The molecule has 2 N–H and O–H groups in total. The van der Waals surface area contributed by atoms with Crippen LogP contribution < -0.4 is 10.6 Å². The summed E-state index contributed by atoms with van der Waals surface area (Å²) in [5, 5.41) is 0. The molecule has 0 spiro atoms. The quantitative estimate of drug-likeness (QED) is 0.761. The minimum absolute atomic E-state index is 0.778. The third-order valence-corrected chi connectivity index (χ3v) is 3.39. The number of pyridine rings is 1. The van der Waals surface area contributed by atoms with Crippen molar-refractivity contribution in [3.8, 4) is 0 Å². The van der Waals surface area contributed by atoms with Crippen LogP contribution in [0, 0.1) is 6.92 Å². The topological polar surface area (TPSA) is 42.2 Å². The van der Waals surface area contributed by atoms with Crippen molar-refractivity contribution in [2.45, 2.75) is 6.92 Å². The molecule has 76 valence electrons. The maximum absolute atomic E-state index is 5.73. The molecule has 2 rings (SSSR count). The summed E-state index contributed by atoms with van der Waals surface area (Å²) < 4.78 is 0. The molecule has 1 aliphatic heterocycles. The lowest BCUT2D eigenvalue weighted by Crippen LogP contribution is -2.33. The summed E-state index contributed by atoms with van der Waals surface area (Å²) in [6.07, 6.45) is 0. The third-order valence-electron chi connectivity index (χ3n) is 2.45. The summed E-state index contributed by atoms with van der Waals surface area (Å²) >= 11 is 2.01. The van der Waals surface area contributed by atoms with E-state index >= 15 is 0 Å². The molecule has 3 nitrogen and oxygen atoms in total. The largest absolute Gasteiger partial charge is 0.397 e. The fourth-order valence-electron chi connectivity index (χ4n) is 1.53. The van der Waals surface area contributed by atoms with Gasteiger partial charge in [-0.15, -0.1) is 0 Å². The van der Waals surface area contributed by atoms with Crippen molar-refractivity contribution < 1.29 is 0 Å². The third kappa shape index (κ3) is 1.95. The highest BCUT2D eigenvalue weighted by Crippen LogP contribution is 2.19. The molecule has 14 heavy (non-hydrogen) atoms. The van der Waals surface area contributed by atoms with Crippen LogP contribution in [-0.2, 0) is 0 Å². The average Bonchev–Trinajstić information content (AvgIpc) is 2.23. The molecule has 1 fully saturated rings. The normalized spacial score (nSPS) is 17.1. The van der Waals surface area contributed by atoms with Gasteiger partial charge >= 0.3 is 0 Å². The van der Waals surface area contributed by atoms with E-state index in [2.05, 4.69) is 9.88 Å². The van der Waals surface area contributed by atoms with Gasteiger partial charge in [-0.2, -0.15) is 11.8 Å². The molecule has 1 aromatic rings. The Hall–Kier alpha value is -0.900. The highest BCUT2D eigenvalue weighted by Gasteiger charge is 2.12. The van der Waals surface area contributed by atoms with Crippen LogP contribution in [0.2, 0.25) is 0 Å². The van der Waals surface area contributed by atoms with Crippen molar-refractivity contribution in [1.82, 2.24) is 4.98 Å². The first kappa shape index (κ1) is 9.65. The maximum atomic E-state index is 5.73. The Morgan fingerprint density at radius 1 is 1.36 bits per heavy atom. The Labute approximate surface area is 88.7 Å². The molecule has 0 amide bonds. The van der Waals surface area contributed by atoms with Crippen molar-refractivity contribution in [2.24, 2.45) is 0 Å². The lowest BCUT2D eigenvalue weighted by Gasteiger charge is -2.27. The first-order chi connectivity index (χ1) is 6.77. The Balaban J connectivity index is 2.18. The number of hydrogen-bond donors (Lipinski definition) is 1. The Kier molecular flexibility index (Phi) is 2.82. The minimum atomic E-state index is 0.778. The van der Waals surface area contributed by atoms with Crippen molar-refractivity contribution in [2.75, 3.05) is 35.2 Å². The number of rotatable bonds is 1. The van der Waals surface area contributed by atoms with Crippen LogP contribution in [0.5, 0.6) is 0 Å². The minimum Gasteiger partial charge on any atom is -0.397 e. The maximum Gasteiger partial charge on any atom is 0.129 e. The number of aromatic nitrogens is 1. The number of thioether (sulfide) groups is 1. The number of nitrogen functional groups attached to an aromatic ring is 1. The van der Waals surface area contributed by atoms with E-state index in [-0.39, 0.29) is 0 Å². The van der Waals surface area contributed by atoms with Crippen LogP contribution in [0.3, 0.4) is 0 Å². The molecule has 0 saturated carbocycles. The van der Waals surface area contributed by atoms with Gasteiger partial charge in [0.15, 0.2) is 0 Å². The van der Waals surface area contributed by atoms with Crippen LogP contribution >= 0.6 is 11.8 Å². The fourth-order valence-corrected chi connectivity index (χ4v) is 2.43. The van der Waals surface area contributed by atoms with Crippen molar-refractivity contribution in [3.63, 3.8) is 0 Å². The molecule has 0 radical (unpaired) electrons. The van der Waals surface area contributed by atoms with E-state index in [4.69, 9.17) is 5.73 Å². The van der Waals surface area contributed by atoms with Gasteiger partial charge < -0.3 is 10.6 Å².